The Morgan fingerprint density at radius 2 is 1.69 bits per heavy atom. The summed E-state index contributed by atoms with van der Waals surface area (Å²) in [5.74, 6) is 0.250. The van der Waals surface area contributed by atoms with Crippen LogP contribution in [-0.4, -0.2) is 31.4 Å². The SMILES string of the molecule is O=C(N[C@@H](Cc1ccc(Cl)cc1)C1CCCCC1)[C@@H]1CCCCS1(=O)=O. The number of sulfone groups is 1. The lowest BCUT2D eigenvalue weighted by Gasteiger charge is -2.33. The summed E-state index contributed by atoms with van der Waals surface area (Å²) in [5.41, 5.74) is 1.12. The molecule has 0 unspecified atom stereocenters. The zero-order chi connectivity index (χ0) is 18.6. The summed E-state index contributed by atoms with van der Waals surface area (Å²) in [6.45, 7) is 0. The molecule has 0 radical (unpaired) electrons. The van der Waals surface area contributed by atoms with Crippen molar-refractivity contribution < 1.29 is 13.2 Å². The van der Waals surface area contributed by atoms with Gasteiger partial charge in [-0.1, -0.05) is 49.4 Å². The van der Waals surface area contributed by atoms with Crippen molar-refractivity contribution in [2.45, 2.75) is 69.1 Å². The van der Waals surface area contributed by atoms with E-state index in [9.17, 15) is 13.2 Å². The fourth-order valence-electron chi connectivity index (χ4n) is 4.27. The molecule has 26 heavy (non-hydrogen) atoms. The molecule has 0 spiro atoms. The standard InChI is InChI=1S/C20H28ClNO3S/c21-17-11-9-15(10-12-17)14-18(16-6-2-1-3-7-16)22-20(23)19-8-4-5-13-26(19,24)25/h9-12,16,18-19H,1-8,13-14H2,(H,22,23)/t18-,19-/m0/s1. The summed E-state index contributed by atoms with van der Waals surface area (Å²) < 4.78 is 24.6. The molecular formula is C20H28ClNO3S. The highest BCUT2D eigenvalue weighted by Crippen LogP contribution is 2.29. The predicted molar refractivity (Wildman–Crippen MR) is 105 cm³/mol. The minimum absolute atomic E-state index is 0.0129. The second kappa shape index (κ2) is 8.75. The van der Waals surface area contributed by atoms with E-state index in [1.54, 1.807) is 0 Å². The van der Waals surface area contributed by atoms with E-state index < -0.39 is 15.1 Å². The smallest absolute Gasteiger partial charge is 0.238 e. The van der Waals surface area contributed by atoms with Gasteiger partial charge in [-0.05, 0) is 55.7 Å². The molecule has 1 aliphatic carbocycles. The van der Waals surface area contributed by atoms with Gasteiger partial charge in [0.05, 0.1) is 5.75 Å². The van der Waals surface area contributed by atoms with Crippen LogP contribution in [-0.2, 0) is 21.1 Å². The Bertz CT molecular complexity index is 711. The molecule has 1 saturated heterocycles. The average Bonchev–Trinajstić information content (AvgIpc) is 2.63. The van der Waals surface area contributed by atoms with Gasteiger partial charge in [0, 0.05) is 11.1 Å². The summed E-state index contributed by atoms with van der Waals surface area (Å²) in [7, 11) is -3.31. The number of benzene rings is 1. The first-order valence-electron chi connectivity index (χ1n) is 9.72. The largest absolute Gasteiger partial charge is 0.352 e. The molecule has 1 heterocycles. The molecule has 4 nitrogen and oxygen atoms in total. The van der Waals surface area contributed by atoms with Crippen LogP contribution in [0.3, 0.4) is 0 Å². The van der Waals surface area contributed by atoms with Crippen LogP contribution in [0.15, 0.2) is 24.3 Å². The normalized spacial score (nSPS) is 24.7. The summed E-state index contributed by atoms with van der Waals surface area (Å²) in [5, 5.41) is 2.95. The van der Waals surface area contributed by atoms with Gasteiger partial charge in [0.2, 0.25) is 5.91 Å². The Morgan fingerprint density at radius 1 is 1.04 bits per heavy atom. The molecular weight excluding hydrogens is 370 g/mol. The van der Waals surface area contributed by atoms with Gasteiger partial charge in [-0.25, -0.2) is 8.42 Å². The first-order valence-corrected chi connectivity index (χ1v) is 11.8. The topological polar surface area (TPSA) is 63.2 Å². The van der Waals surface area contributed by atoms with Crippen molar-refractivity contribution in [3.8, 4) is 0 Å². The van der Waals surface area contributed by atoms with Gasteiger partial charge < -0.3 is 5.32 Å². The van der Waals surface area contributed by atoms with Gasteiger partial charge in [0.15, 0.2) is 9.84 Å². The Hall–Kier alpha value is -1.07. The van der Waals surface area contributed by atoms with E-state index >= 15 is 0 Å². The molecule has 144 valence electrons. The first-order chi connectivity index (χ1) is 12.5. The van der Waals surface area contributed by atoms with E-state index in [-0.39, 0.29) is 17.7 Å². The maximum atomic E-state index is 12.8. The Morgan fingerprint density at radius 3 is 2.35 bits per heavy atom. The Balaban J connectivity index is 1.74. The highest BCUT2D eigenvalue weighted by molar-refractivity contribution is 7.92. The van der Waals surface area contributed by atoms with E-state index in [1.807, 2.05) is 24.3 Å². The maximum absolute atomic E-state index is 12.8. The lowest BCUT2D eigenvalue weighted by atomic mass is 9.81. The minimum atomic E-state index is -3.31. The molecule has 1 saturated carbocycles. The summed E-state index contributed by atoms with van der Waals surface area (Å²) in [4.78, 5) is 12.8. The quantitative estimate of drug-likeness (QED) is 0.819. The third-order valence-corrected chi connectivity index (χ3v) is 8.21. The molecule has 2 atom stereocenters. The third-order valence-electron chi connectivity index (χ3n) is 5.79. The van der Waals surface area contributed by atoms with Gasteiger partial charge in [0.1, 0.15) is 5.25 Å². The van der Waals surface area contributed by atoms with E-state index in [0.717, 1.165) is 31.2 Å². The molecule has 1 N–H and O–H groups in total. The van der Waals surface area contributed by atoms with Crippen molar-refractivity contribution in [2.24, 2.45) is 5.92 Å². The average molecular weight is 398 g/mol. The number of carbonyl (C=O) groups is 1. The van der Waals surface area contributed by atoms with E-state index in [0.29, 0.717) is 23.8 Å². The lowest BCUT2D eigenvalue weighted by molar-refractivity contribution is -0.122. The zero-order valence-corrected chi connectivity index (χ0v) is 16.7. The molecule has 0 aromatic heterocycles. The summed E-state index contributed by atoms with van der Waals surface area (Å²) in [6, 6.07) is 7.69. The van der Waals surface area contributed by atoms with Crippen LogP contribution < -0.4 is 5.32 Å². The highest BCUT2D eigenvalue weighted by atomic mass is 35.5. The van der Waals surface area contributed by atoms with Crippen LogP contribution in [0, 0.1) is 5.92 Å². The van der Waals surface area contributed by atoms with Crippen LogP contribution in [0.25, 0.3) is 0 Å². The molecule has 1 amide bonds. The number of nitrogens with one attached hydrogen (secondary N) is 1. The van der Waals surface area contributed by atoms with Crippen molar-refractivity contribution >= 4 is 27.3 Å². The van der Waals surface area contributed by atoms with E-state index in [1.165, 1.54) is 19.3 Å². The number of amides is 1. The van der Waals surface area contributed by atoms with Gasteiger partial charge in [-0.15, -0.1) is 0 Å². The van der Waals surface area contributed by atoms with Gasteiger partial charge in [-0.3, -0.25) is 4.79 Å². The van der Waals surface area contributed by atoms with Crippen molar-refractivity contribution in [3.63, 3.8) is 0 Å². The molecule has 1 aromatic carbocycles. The molecule has 3 rings (SSSR count). The number of hydrogen-bond acceptors (Lipinski definition) is 3. The van der Waals surface area contributed by atoms with Crippen LogP contribution >= 0.6 is 11.6 Å². The van der Waals surface area contributed by atoms with Crippen molar-refractivity contribution in [2.75, 3.05) is 5.75 Å². The minimum Gasteiger partial charge on any atom is -0.352 e. The number of hydrogen-bond donors (Lipinski definition) is 1. The lowest BCUT2D eigenvalue weighted by Crippen LogP contribution is -2.50. The molecule has 0 bridgehead atoms. The first kappa shape index (κ1) is 19.7. The molecule has 2 aliphatic rings. The molecule has 1 aromatic rings. The number of halogens is 1. The van der Waals surface area contributed by atoms with Gasteiger partial charge in [0.25, 0.3) is 0 Å². The summed E-state index contributed by atoms with van der Waals surface area (Å²) >= 11 is 5.98. The van der Waals surface area contributed by atoms with Crippen LogP contribution in [0.1, 0.15) is 56.9 Å². The van der Waals surface area contributed by atoms with Crippen LogP contribution in [0.2, 0.25) is 5.02 Å². The number of carbonyl (C=O) groups excluding carboxylic acids is 1. The van der Waals surface area contributed by atoms with E-state index in [2.05, 4.69) is 5.32 Å². The third kappa shape index (κ3) is 5.01. The Kier molecular flexibility index (Phi) is 6.62. The fraction of sp³-hybridized carbons (Fsp3) is 0.650. The van der Waals surface area contributed by atoms with Gasteiger partial charge in [-0.2, -0.15) is 0 Å². The maximum Gasteiger partial charge on any atom is 0.238 e. The Labute approximate surface area is 161 Å². The monoisotopic (exact) mass is 397 g/mol. The van der Waals surface area contributed by atoms with Crippen LogP contribution in [0.4, 0.5) is 0 Å². The fourth-order valence-corrected chi connectivity index (χ4v) is 6.21. The van der Waals surface area contributed by atoms with Crippen LogP contribution in [0.5, 0.6) is 0 Å². The molecule has 2 fully saturated rings. The van der Waals surface area contributed by atoms with E-state index in [4.69, 9.17) is 11.6 Å². The predicted octanol–water partition coefficient (Wildman–Crippen LogP) is 3.91. The van der Waals surface area contributed by atoms with Gasteiger partial charge >= 0.3 is 0 Å². The van der Waals surface area contributed by atoms with Crippen molar-refractivity contribution in [1.82, 2.24) is 5.32 Å². The second-order valence-electron chi connectivity index (χ2n) is 7.70. The molecule has 6 heteroatoms. The summed E-state index contributed by atoms with van der Waals surface area (Å²) in [6.07, 6.45) is 8.44. The molecule has 1 aliphatic heterocycles. The van der Waals surface area contributed by atoms with Crippen molar-refractivity contribution in [1.29, 1.82) is 0 Å². The second-order valence-corrected chi connectivity index (χ2v) is 10.4. The van der Waals surface area contributed by atoms with Crippen molar-refractivity contribution in [3.05, 3.63) is 34.9 Å². The highest BCUT2D eigenvalue weighted by Gasteiger charge is 2.36. The zero-order valence-electron chi connectivity index (χ0n) is 15.1. The number of rotatable bonds is 5.